The first-order valence-corrected chi connectivity index (χ1v) is 12.9. The number of carbonyl (C=O) groups excluding carboxylic acids is 1. The number of rotatable bonds is 11. The van der Waals surface area contributed by atoms with Crippen molar-refractivity contribution in [3.8, 4) is 11.5 Å². The van der Waals surface area contributed by atoms with Crippen molar-refractivity contribution in [1.82, 2.24) is 0 Å². The maximum atomic E-state index is 13.4. The second kappa shape index (κ2) is 11.4. The van der Waals surface area contributed by atoms with Gasteiger partial charge in [-0.1, -0.05) is 18.2 Å². The lowest BCUT2D eigenvalue weighted by Crippen LogP contribution is -2.30. The summed E-state index contributed by atoms with van der Waals surface area (Å²) in [4.78, 5) is 25.5. The Hall–Kier alpha value is -3.07. The third kappa shape index (κ3) is 6.28. The largest absolute Gasteiger partial charge is 0.493 e. The van der Waals surface area contributed by atoms with Crippen LogP contribution in [0.25, 0.3) is 0 Å². The van der Waals surface area contributed by atoms with E-state index in [2.05, 4.69) is 0 Å². The van der Waals surface area contributed by atoms with Gasteiger partial charge in [0.05, 0.1) is 29.8 Å². The van der Waals surface area contributed by atoms with Gasteiger partial charge in [0.2, 0.25) is 5.91 Å². The van der Waals surface area contributed by atoms with Gasteiger partial charge in [-0.05, 0) is 56.4 Å². The van der Waals surface area contributed by atoms with E-state index in [0.29, 0.717) is 17.2 Å². The number of nitrogens with zero attached hydrogens (tertiary/aromatic N) is 1. The van der Waals surface area contributed by atoms with Crippen LogP contribution in [0.3, 0.4) is 0 Å². The minimum Gasteiger partial charge on any atom is -0.493 e. The van der Waals surface area contributed by atoms with Gasteiger partial charge >= 0.3 is 5.97 Å². The molecule has 2 aromatic carbocycles. The minimum absolute atomic E-state index is 0.00665. The predicted molar refractivity (Wildman–Crippen MR) is 128 cm³/mol. The number of hydrogen-bond acceptors (Lipinski definition) is 6. The minimum atomic E-state index is -4.05. The number of carbonyl (C=O) groups is 2. The van der Waals surface area contributed by atoms with Crippen molar-refractivity contribution in [2.75, 3.05) is 19.1 Å². The highest BCUT2D eigenvalue weighted by Crippen LogP contribution is 2.35. The van der Waals surface area contributed by atoms with Gasteiger partial charge in [-0.3, -0.25) is 9.59 Å². The van der Waals surface area contributed by atoms with Crippen LogP contribution in [0.4, 0.5) is 5.69 Å². The predicted octanol–water partition coefficient (Wildman–Crippen LogP) is 4.08. The molecule has 0 aliphatic heterocycles. The Kier molecular flexibility index (Phi) is 8.55. The molecule has 1 N–H and O–H groups in total. The summed E-state index contributed by atoms with van der Waals surface area (Å²) in [5.74, 6) is -0.796. The molecule has 9 heteroatoms. The molecule has 0 radical (unpaired) electrons. The molecule has 34 heavy (non-hydrogen) atoms. The zero-order valence-electron chi connectivity index (χ0n) is 19.5. The normalized spacial score (nSPS) is 15.0. The highest BCUT2D eigenvalue weighted by atomic mass is 32.2. The average Bonchev–Trinajstić information content (AvgIpc) is 3.34. The van der Waals surface area contributed by atoms with Crippen LogP contribution in [0, 0.1) is 0 Å². The first-order chi connectivity index (χ1) is 16.2. The fourth-order valence-corrected chi connectivity index (χ4v) is 5.82. The number of aliphatic carboxylic acids is 1. The number of methoxy groups -OCH3 is 1. The van der Waals surface area contributed by atoms with Crippen molar-refractivity contribution in [1.29, 1.82) is 0 Å². The number of ether oxygens (including phenoxy) is 2. The fraction of sp³-hybridized carbons (Fsp3) is 0.440. The Morgan fingerprint density at radius 2 is 1.76 bits per heavy atom. The standard InChI is InChI=1S/C25H31NO7S/c1-26(18-8-4-3-5-9-18)24(27)15-13-21(17-25(28)29)34(30,31)20-12-14-22(32-2)23(16-20)33-19-10-6-7-11-19/h3-5,8-9,12,14,16,19,21H,6-7,10-11,13,15,17H2,1-2H3,(H,28,29). The van der Waals surface area contributed by atoms with Crippen LogP contribution in [0.15, 0.2) is 53.4 Å². The summed E-state index contributed by atoms with van der Waals surface area (Å²) in [5.41, 5.74) is 0.675. The molecular weight excluding hydrogens is 458 g/mol. The molecular formula is C25H31NO7S. The van der Waals surface area contributed by atoms with Gasteiger partial charge in [-0.15, -0.1) is 0 Å². The lowest BCUT2D eigenvalue weighted by molar-refractivity contribution is -0.137. The number of para-hydroxylation sites is 1. The van der Waals surface area contributed by atoms with Crippen LogP contribution in [0.2, 0.25) is 0 Å². The summed E-state index contributed by atoms with van der Waals surface area (Å²) in [6.45, 7) is 0. The van der Waals surface area contributed by atoms with E-state index in [1.807, 2.05) is 6.07 Å². The summed E-state index contributed by atoms with van der Waals surface area (Å²) in [6.07, 6.45) is 3.05. The maximum Gasteiger partial charge on any atom is 0.304 e. The first kappa shape index (κ1) is 25.6. The van der Waals surface area contributed by atoms with Crippen LogP contribution in [-0.2, 0) is 19.4 Å². The number of carboxylic acid groups (broad SMARTS) is 1. The first-order valence-electron chi connectivity index (χ1n) is 11.3. The van der Waals surface area contributed by atoms with Crippen LogP contribution >= 0.6 is 0 Å². The Balaban J connectivity index is 1.80. The second-order valence-corrected chi connectivity index (χ2v) is 10.7. The van der Waals surface area contributed by atoms with Crippen molar-refractivity contribution in [3.63, 3.8) is 0 Å². The molecule has 0 heterocycles. The topological polar surface area (TPSA) is 110 Å². The summed E-state index contributed by atoms with van der Waals surface area (Å²) in [6, 6.07) is 13.3. The van der Waals surface area contributed by atoms with Gasteiger partial charge in [0.1, 0.15) is 0 Å². The Morgan fingerprint density at radius 3 is 2.38 bits per heavy atom. The quantitative estimate of drug-likeness (QED) is 0.506. The van der Waals surface area contributed by atoms with E-state index in [9.17, 15) is 23.1 Å². The SMILES string of the molecule is COc1ccc(S(=O)(=O)C(CCC(=O)N(C)c2ccccc2)CC(=O)O)cc1OC1CCCC1. The molecule has 3 rings (SSSR count). The molecule has 0 spiro atoms. The van der Waals surface area contributed by atoms with Crippen LogP contribution in [0.1, 0.15) is 44.9 Å². The van der Waals surface area contributed by atoms with E-state index in [4.69, 9.17) is 9.47 Å². The number of anilines is 1. The molecule has 0 saturated heterocycles. The number of carboxylic acids is 1. The van der Waals surface area contributed by atoms with E-state index >= 15 is 0 Å². The van der Waals surface area contributed by atoms with Gasteiger partial charge in [0, 0.05) is 25.2 Å². The van der Waals surface area contributed by atoms with Crippen LogP contribution in [0.5, 0.6) is 11.5 Å². The molecule has 1 aliphatic rings. The third-order valence-electron chi connectivity index (χ3n) is 6.10. The van der Waals surface area contributed by atoms with E-state index in [-0.39, 0.29) is 29.7 Å². The van der Waals surface area contributed by atoms with Gasteiger partial charge in [0.25, 0.3) is 0 Å². The van der Waals surface area contributed by atoms with Crippen LogP contribution in [-0.4, -0.2) is 50.9 Å². The van der Waals surface area contributed by atoms with Crippen molar-refractivity contribution < 1.29 is 32.6 Å². The van der Waals surface area contributed by atoms with Crippen molar-refractivity contribution in [3.05, 3.63) is 48.5 Å². The van der Waals surface area contributed by atoms with Gasteiger partial charge in [-0.25, -0.2) is 8.42 Å². The molecule has 2 aromatic rings. The molecule has 1 amide bonds. The molecule has 1 fully saturated rings. The zero-order valence-corrected chi connectivity index (χ0v) is 20.3. The molecule has 1 unspecified atom stereocenters. The highest BCUT2D eigenvalue weighted by molar-refractivity contribution is 7.92. The Morgan fingerprint density at radius 1 is 1.09 bits per heavy atom. The lowest BCUT2D eigenvalue weighted by Gasteiger charge is -2.21. The third-order valence-corrected chi connectivity index (χ3v) is 8.29. The van der Waals surface area contributed by atoms with E-state index < -0.39 is 27.5 Å². The van der Waals surface area contributed by atoms with Gasteiger partial charge < -0.3 is 19.5 Å². The van der Waals surface area contributed by atoms with Crippen molar-refractivity contribution in [2.24, 2.45) is 0 Å². The molecule has 184 valence electrons. The fourth-order valence-electron chi connectivity index (χ4n) is 4.11. The van der Waals surface area contributed by atoms with E-state index in [1.54, 1.807) is 31.3 Å². The van der Waals surface area contributed by atoms with Gasteiger partial charge in [-0.2, -0.15) is 0 Å². The number of sulfone groups is 1. The molecule has 1 saturated carbocycles. The lowest BCUT2D eigenvalue weighted by atomic mass is 10.1. The van der Waals surface area contributed by atoms with Crippen molar-refractivity contribution in [2.45, 2.75) is 61.2 Å². The molecule has 1 atom stereocenters. The monoisotopic (exact) mass is 489 g/mol. The molecule has 8 nitrogen and oxygen atoms in total. The Bertz CT molecular complexity index is 1100. The second-order valence-electron chi connectivity index (χ2n) is 8.43. The molecule has 0 aromatic heterocycles. The highest BCUT2D eigenvalue weighted by Gasteiger charge is 2.32. The Labute approximate surface area is 200 Å². The van der Waals surface area contributed by atoms with Crippen LogP contribution < -0.4 is 14.4 Å². The smallest absolute Gasteiger partial charge is 0.304 e. The number of benzene rings is 2. The summed E-state index contributed by atoms with van der Waals surface area (Å²) < 4.78 is 38.2. The molecule has 0 bridgehead atoms. The summed E-state index contributed by atoms with van der Waals surface area (Å²) in [5, 5.41) is 8.11. The molecule has 1 aliphatic carbocycles. The summed E-state index contributed by atoms with van der Waals surface area (Å²) in [7, 11) is -0.965. The average molecular weight is 490 g/mol. The van der Waals surface area contributed by atoms with Gasteiger partial charge in [0.15, 0.2) is 21.3 Å². The number of amides is 1. The maximum absolute atomic E-state index is 13.4. The van der Waals surface area contributed by atoms with E-state index in [1.165, 1.54) is 30.2 Å². The van der Waals surface area contributed by atoms with Crippen molar-refractivity contribution >= 4 is 27.4 Å². The van der Waals surface area contributed by atoms with E-state index in [0.717, 1.165) is 25.7 Å². The zero-order chi connectivity index (χ0) is 24.7. The summed E-state index contributed by atoms with van der Waals surface area (Å²) >= 11 is 0. The number of hydrogen-bond donors (Lipinski definition) is 1.